The van der Waals surface area contributed by atoms with Crippen LogP contribution < -0.4 is 5.32 Å². The zero-order valence-electron chi connectivity index (χ0n) is 13.5. The van der Waals surface area contributed by atoms with Crippen LogP contribution in [0.1, 0.15) is 16.1 Å². The van der Waals surface area contributed by atoms with Crippen LogP contribution in [0.15, 0.2) is 42.5 Å². The van der Waals surface area contributed by atoms with Gasteiger partial charge in [-0.3, -0.25) is 4.79 Å². The third-order valence-electron chi connectivity index (χ3n) is 3.73. The van der Waals surface area contributed by atoms with Crippen molar-refractivity contribution in [1.29, 1.82) is 0 Å². The van der Waals surface area contributed by atoms with Crippen LogP contribution in [-0.2, 0) is 7.05 Å². The van der Waals surface area contributed by atoms with Crippen LogP contribution in [0.4, 0.5) is 14.5 Å². The van der Waals surface area contributed by atoms with Crippen LogP contribution in [0.3, 0.4) is 0 Å². The Labute approximate surface area is 148 Å². The Morgan fingerprint density at radius 1 is 1.20 bits per heavy atom. The highest BCUT2D eigenvalue weighted by Crippen LogP contribution is 2.31. The van der Waals surface area contributed by atoms with E-state index in [2.05, 4.69) is 10.4 Å². The van der Waals surface area contributed by atoms with Crippen LogP contribution in [0.5, 0.6) is 0 Å². The summed E-state index contributed by atoms with van der Waals surface area (Å²) in [6, 6.07) is 10.9. The maximum absolute atomic E-state index is 14.1. The molecule has 0 saturated carbocycles. The standard InChI is InChI=1S/C18H14ClF2N3O/c1-10-16(17(21)24(2)23-10)18(25)22-15-6-4-3-5-14(15)11-7-12(19)9-13(20)8-11/h3-9H,1-2H3,(H,22,25). The molecule has 1 amide bonds. The fourth-order valence-electron chi connectivity index (χ4n) is 2.63. The number of carbonyl (C=O) groups excluding carboxylic acids is 1. The molecule has 0 saturated heterocycles. The van der Waals surface area contributed by atoms with Gasteiger partial charge in [-0.05, 0) is 36.8 Å². The smallest absolute Gasteiger partial charge is 0.262 e. The highest BCUT2D eigenvalue weighted by molar-refractivity contribution is 6.30. The lowest BCUT2D eigenvalue weighted by atomic mass is 10.0. The van der Waals surface area contributed by atoms with E-state index in [4.69, 9.17) is 11.6 Å². The van der Waals surface area contributed by atoms with E-state index in [1.807, 2.05) is 0 Å². The van der Waals surface area contributed by atoms with E-state index in [1.165, 1.54) is 19.2 Å². The first-order valence-electron chi connectivity index (χ1n) is 7.42. The summed E-state index contributed by atoms with van der Waals surface area (Å²) >= 11 is 5.91. The molecule has 0 spiro atoms. The normalized spacial score (nSPS) is 10.8. The van der Waals surface area contributed by atoms with Gasteiger partial charge < -0.3 is 5.32 Å². The number of benzene rings is 2. The molecule has 1 heterocycles. The Morgan fingerprint density at radius 2 is 1.92 bits per heavy atom. The number of nitrogens with one attached hydrogen (secondary N) is 1. The first-order valence-corrected chi connectivity index (χ1v) is 7.80. The van der Waals surface area contributed by atoms with E-state index in [-0.39, 0.29) is 16.3 Å². The maximum atomic E-state index is 14.1. The summed E-state index contributed by atoms with van der Waals surface area (Å²) in [5, 5.41) is 6.79. The number of halogens is 3. The Kier molecular flexibility index (Phi) is 4.55. The monoisotopic (exact) mass is 361 g/mol. The zero-order valence-corrected chi connectivity index (χ0v) is 14.2. The van der Waals surface area contributed by atoms with Crippen LogP contribution in [0, 0.1) is 18.7 Å². The topological polar surface area (TPSA) is 46.9 Å². The van der Waals surface area contributed by atoms with Gasteiger partial charge in [0.25, 0.3) is 5.91 Å². The molecule has 0 bridgehead atoms. The van der Waals surface area contributed by atoms with Crippen molar-refractivity contribution < 1.29 is 13.6 Å². The van der Waals surface area contributed by atoms with Crippen molar-refractivity contribution in [3.8, 4) is 11.1 Å². The predicted molar refractivity (Wildman–Crippen MR) is 92.7 cm³/mol. The van der Waals surface area contributed by atoms with Gasteiger partial charge in [0.15, 0.2) is 0 Å². The van der Waals surface area contributed by atoms with Crippen molar-refractivity contribution >= 4 is 23.2 Å². The Bertz CT molecular complexity index is 949. The second kappa shape index (κ2) is 6.64. The van der Waals surface area contributed by atoms with E-state index in [0.717, 1.165) is 4.68 Å². The van der Waals surface area contributed by atoms with Gasteiger partial charge in [-0.25, -0.2) is 9.07 Å². The minimum atomic E-state index is -0.721. The largest absolute Gasteiger partial charge is 0.321 e. The summed E-state index contributed by atoms with van der Waals surface area (Å²) in [7, 11) is 1.42. The van der Waals surface area contributed by atoms with Gasteiger partial charge in [0.2, 0.25) is 5.95 Å². The van der Waals surface area contributed by atoms with E-state index < -0.39 is 17.7 Å². The number of carbonyl (C=O) groups is 1. The minimum absolute atomic E-state index is 0.130. The van der Waals surface area contributed by atoms with Crippen molar-refractivity contribution in [3.05, 3.63) is 70.5 Å². The lowest BCUT2D eigenvalue weighted by Crippen LogP contribution is -2.15. The third kappa shape index (κ3) is 3.39. The SMILES string of the molecule is Cc1nn(C)c(F)c1C(=O)Nc1ccccc1-c1cc(F)cc(Cl)c1. The van der Waals surface area contributed by atoms with Crippen molar-refractivity contribution in [2.45, 2.75) is 6.92 Å². The van der Waals surface area contributed by atoms with Crippen LogP contribution in [0.2, 0.25) is 5.02 Å². The van der Waals surface area contributed by atoms with Gasteiger partial charge in [0.05, 0.1) is 5.69 Å². The molecule has 0 radical (unpaired) electrons. The van der Waals surface area contributed by atoms with E-state index >= 15 is 0 Å². The van der Waals surface area contributed by atoms with Crippen molar-refractivity contribution in [1.82, 2.24) is 9.78 Å². The van der Waals surface area contributed by atoms with Gasteiger partial charge in [0.1, 0.15) is 11.4 Å². The number of hydrogen-bond donors (Lipinski definition) is 1. The Hall–Kier alpha value is -2.73. The highest BCUT2D eigenvalue weighted by Gasteiger charge is 2.21. The van der Waals surface area contributed by atoms with Gasteiger partial charge in [0, 0.05) is 23.3 Å². The molecule has 0 aliphatic carbocycles. The number of anilines is 1. The van der Waals surface area contributed by atoms with E-state index in [9.17, 15) is 13.6 Å². The summed E-state index contributed by atoms with van der Waals surface area (Å²) in [4.78, 5) is 12.5. The molecule has 2 aromatic carbocycles. The minimum Gasteiger partial charge on any atom is -0.321 e. The first kappa shape index (κ1) is 17.1. The van der Waals surface area contributed by atoms with Crippen LogP contribution >= 0.6 is 11.6 Å². The van der Waals surface area contributed by atoms with Gasteiger partial charge >= 0.3 is 0 Å². The molecule has 3 rings (SSSR count). The predicted octanol–water partition coefficient (Wildman–Crippen LogP) is 4.58. The molecule has 0 aliphatic heterocycles. The van der Waals surface area contributed by atoms with E-state index in [1.54, 1.807) is 37.3 Å². The number of hydrogen-bond acceptors (Lipinski definition) is 2. The quantitative estimate of drug-likeness (QED) is 0.742. The number of nitrogens with zero attached hydrogens (tertiary/aromatic N) is 2. The van der Waals surface area contributed by atoms with Crippen LogP contribution in [0.25, 0.3) is 11.1 Å². The molecule has 0 atom stereocenters. The summed E-state index contributed by atoms with van der Waals surface area (Å²) < 4.78 is 28.7. The number of aryl methyl sites for hydroxylation is 2. The first-order chi connectivity index (χ1) is 11.9. The van der Waals surface area contributed by atoms with Gasteiger partial charge in [-0.15, -0.1) is 0 Å². The fraction of sp³-hybridized carbons (Fsp3) is 0.111. The average molecular weight is 362 g/mol. The van der Waals surface area contributed by atoms with Gasteiger partial charge in [-0.2, -0.15) is 9.49 Å². The van der Waals surface area contributed by atoms with E-state index in [0.29, 0.717) is 16.8 Å². The molecule has 128 valence electrons. The summed E-state index contributed by atoms with van der Waals surface area (Å²) in [6.45, 7) is 1.55. The van der Waals surface area contributed by atoms with Crippen molar-refractivity contribution in [2.75, 3.05) is 5.32 Å². The molecular formula is C18H14ClF2N3O. The Morgan fingerprint density at radius 3 is 2.56 bits per heavy atom. The van der Waals surface area contributed by atoms with Crippen molar-refractivity contribution in [3.63, 3.8) is 0 Å². The number of aromatic nitrogens is 2. The summed E-state index contributed by atoms with van der Waals surface area (Å²) in [5.74, 6) is -1.84. The Balaban J connectivity index is 2.00. The molecule has 1 N–H and O–H groups in total. The summed E-state index contributed by atoms with van der Waals surface area (Å²) in [6.07, 6.45) is 0. The molecule has 7 heteroatoms. The molecule has 3 aromatic rings. The number of para-hydroxylation sites is 1. The molecule has 4 nitrogen and oxygen atoms in total. The molecule has 0 unspecified atom stereocenters. The summed E-state index contributed by atoms with van der Waals surface area (Å²) in [5.41, 5.74) is 1.64. The number of rotatable bonds is 3. The molecule has 1 aromatic heterocycles. The third-order valence-corrected chi connectivity index (χ3v) is 3.95. The fourth-order valence-corrected chi connectivity index (χ4v) is 2.85. The second-order valence-electron chi connectivity index (χ2n) is 5.53. The number of amides is 1. The average Bonchev–Trinajstić information content (AvgIpc) is 2.79. The second-order valence-corrected chi connectivity index (χ2v) is 5.97. The molecular weight excluding hydrogens is 348 g/mol. The maximum Gasteiger partial charge on any atom is 0.262 e. The molecule has 0 aliphatic rings. The van der Waals surface area contributed by atoms with Gasteiger partial charge in [-0.1, -0.05) is 29.8 Å². The van der Waals surface area contributed by atoms with Crippen molar-refractivity contribution in [2.24, 2.45) is 7.05 Å². The highest BCUT2D eigenvalue weighted by atomic mass is 35.5. The van der Waals surface area contributed by atoms with Crippen LogP contribution in [-0.4, -0.2) is 15.7 Å². The molecule has 25 heavy (non-hydrogen) atoms. The lowest BCUT2D eigenvalue weighted by molar-refractivity contribution is 0.102. The zero-order chi connectivity index (χ0) is 18.1. The molecule has 0 fully saturated rings. The lowest BCUT2D eigenvalue weighted by Gasteiger charge is -2.11.